The summed E-state index contributed by atoms with van der Waals surface area (Å²) in [7, 11) is 0. The molecule has 0 aliphatic carbocycles. The summed E-state index contributed by atoms with van der Waals surface area (Å²) in [6, 6.07) is 63.3. The van der Waals surface area contributed by atoms with Crippen LogP contribution >= 0.6 is 11.8 Å². The molecule has 7 aromatic rings. The fourth-order valence-corrected chi connectivity index (χ4v) is 7.49. The number of para-hydroxylation sites is 1. The molecule has 8 rings (SSSR count). The number of hydrogen-bond acceptors (Lipinski definition) is 2. The van der Waals surface area contributed by atoms with E-state index in [0.717, 1.165) is 28.4 Å². The third-order valence-electron chi connectivity index (χ3n) is 9.35. The lowest BCUT2D eigenvalue weighted by Crippen LogP contribution is -2.09. The van der Waals surface area contributed by atoms with E-state index >= 15 is 0 Å². The maximum atomic E-state index is 4.34. The first-order chi connectivity index (χ1) is 25.2. The average Bonchev–Trinajstić information content (AvgIpc) is 3.29. The van der Waals surface area contributed by atoms with Crippen molar-refractivity contribution in [2.45, 2.75) is 4.90 Å². The quantitative estimate of drug-likeness (QED) is 0.166. The standard InChI is InChI=1S/C49H37NS/c1-36-11-5-4-10-34-51-49-33-28-44(35-48(36)49)43-22-20-40(21-23-43)42-26-31-47(32-27-42)50(45-14-8-3-9-15-45)46-29-24-41(25-30-46)39-18-16-38(17-19-39)37-12-6-2-7-13-37/h2-33,35H,1,34H2/b10-4-,11-5-. The van der Waals surface area contributed by atoms with Gasteiger partial charge in [0.15, 0.2) is 0 Å². The van der Waals surface area contributed by atoms with E-state index in [-0.39, 0.29) is 0 Å². The number of nitrogens with zero attached hydrogens (tertiary/aromatic N) is 1. The predicted octanol–water partition coefficient (Wildman–Crippen LogP) is 14.1. The van der Waals surface area contributed by atoms with E-state index in [2.05, 4.69) is 212 Å². The molecule has 7 aromatic carbocycles. The number of thioether (sulfide) groups is 1. The van der Waals surface area contributed by atoms with Gasteiger partial charge in [-0.2, -0.15) is 0 Å². The third kappa shape index (κ3) is 7.14. The molecule has 0 bridgehead atoms. The van der Waals surface area contributed by atoms with Crippen LogP contribution in [0.15, 0.2) is 212 Å². The van der Waals surface area contributed by atoms with Crippen LogP contribution in [0.1, 0.15) is 5.56 Å². The van der Waals surface area contributed by atoms with E-state index in [1.165, 1.54) is 55.0 Å². The molecular formula is C49H37NS. The lowest BCUT2D eigenvalue weighted by atomic mass is 9.97. The van der Waals surface area contributed by atoms with Crippen molar-refractivity contribution in [1.82, 2.24) is 0 Å². The van der Waals surface area contributed by atoms with E-state index in [1.54, 1.807) is 0 Å². The molecule has 51 heavy (non-hydrogen) atoms. The Morgan fingerprint density at radius 2 is 0.824 bits per heavy atom. The summed E-state index contributed by atoms with van der Waals surface area (Å²) in [4.78, 5) is 3.58. The molecule has 1 aliphatic heterocycles. The van der Waals surface area contributed by atoms with Gasteiger partial charge in [-0.25, -0.2) is 0 Å². The highest BCUT2D eigenvalue weighted by Gasteiger charge is 2.14. The molecule has 0 fully saturated rings. The molecule has 0 radical (unpaired) electrons. The van der Waals surface area contributed by atoms with Crippen LogP contribution in [-0.2, 0) is 0 Å². The highest BCUT2D eigenvalue weighted by molar-refractivity contribution is 7.99. The molecule has 0 N–H and O–H groups in total. The number of benzene rings is 7. The van der Waals surface area contributed by atoms with E-state index < -0.39 is 0 Å². The largest absolute Gasteiger partial charge is 0.311 e. The van der Waals surface area contributed by atoms with Gasteiger partial charge < -0.3 is 4.90 Å². The Morgan fingerprint density at radius 1 is 0.412 bits per heavy atom. The van der Waals surface area contributed by atoms with E-state index in [1.807, 2.05) is 11.8 Å². The first kappa shape index (κ1) is 32.1. The van der Waals surface area contributed by atoms with Gasteiger partial charge in [0.25, 0.3) is 0 Å². The van der Waals surface area contributed by atoms with Gasteiger partial charge in [-0.15, -0.1) is 11.8 Å². The highest BCUT2D eigenvalue weighted by Crippen LogP contribution is 2.38. The molecule has 0 saturated carbocycles. The molecule has 0 atom stereocenters. The maximum Gasteiger partial charge on any atom is 0.0462 e. The van der Waals surface area contributed by atoms with Crippen molar-refractivity contribution in [3.63, 3.8) is 0 Å². The van der Waals surface area contributed by atoms with E-state index in [4.69, 9.17) is 0 Å². The van der Waals surface area contributed by atoms with Crippen LogP contribution < -0.4 is 4.90 Å². The zero-order chi connectivity index (χ0) is 34.4. The molecule has 1 heterocycles. The minimum atomic E-state index is 0.956. The lowest BCUT2D eigenvalue weighted by molar-refractivity contribution is 1.28. The predicted molar refractivity (Wildman–Crippen MR) is 221 cm³/mol. The van der Waals surface area contributed by atoms with Crippen molar-refractivity contribution in [2.24, 2.45) is 0 Å². The SMILES string of the molecule is C=C1/C=C\C=C/CSc2ccc(-c3ccc(-c4ccc(N(c5ccccc5)c5ccc(-c6ccc(-c7ccccc7)cc6)cc5)cc4)cc3)cc21. The Hall–Kier alpha value is -6.09. The molecule has 2 heteroatoms. The minimum Gasteiger partial charge on any atom is -0.311 e. The van der Waals surface area contributed by atoms with Gasteiger partial charge in [0.05, 0.1) is 0 Å². The molecule has 0 unspecified atom stereocenters. The maximum absolute atomic E-state index is 4.34. The Kier molecular flexibility index (Phi) is 9.33. The molecular weight excluding hydrogens is 635 g/mol. The first-order valence-electron chi connectivity index (χ1n) is 17.3. The molecule has 0 aromatic heterocycles. The topological polar surface area (TPSA) is 3.24 Å². The molecule has 1 aliphatic rings. The summed E-state index contributed by atoms with van der Waals surface area (Å²) in [5, 5.41) is 0. The number of fused-ring (bicyclic) bond motifs is 1. The number of anilines is 3. The molecule has 1 nitrogen and oxygen atoms in total. The zero-order valence-corrected chi connectivity index (χ0v) is 29.1. The molecule has 0 amide bonds. The summed E-state index contributed by atoms with van der Waals surface area (Å²) in [5.74, 6) is 0.956. The van der Waals surface area contributed by atoms with E-state index in [0.29, 0.717) is 0 Å². The second kappa shape index (κ2) is 14.8. The Balaban J connectivity index is 1.03. The molecule has 244 valence electrons. The van der Waals surface area contributed by atoms with Crippen molar-refractivity contribution in [1.29, 1.82) is 0 Å². The summed E-state index contributed by atoms with van der Waals surface area (Å²) in [6.07, 6.45) is 8.45. The molecule has 0 spiro atoms. The summed E-state index contributed by atoms with van der Waals surface area (Å²) < 4.78 is 0. The van der Waals surface area contributed by atoms with Crippen molar-refractivity contribution in [3.8, 4) is 44.5 Å². The monoisotopic (exact) mass is 671 g/mol. The van der Waals surface area contributed by atoms with Crippen LogP contribution in [0.5, 0.6) is 0 Å². The van der Waals surface area contributed by atoms with Gasteiger partial charge in [-0.1, -0.05) is 158 Å². The fraction of sp³-hybridized carbons (Fsp3) is 0.0204. The Bertz CT molecular complexity index is 2320. The summed E-state index contributed by atoms with van der Waals surface area (Å²) >= 11 is 1.85. The number of hydrogen-bond donors (Lipinski definition) is 0. The van der Waals surface area contributed by atoms with Crippen LogP contribution in [0, 0.1) is 0 Å². The third-order valence-corrected chi connectivity index (χ3v) is 10.4. The van der Waals surface area contributed by atoms with Crippen molar-refractivity contribution >= 4 is 34.4 Å². The van der Waals surface area contributed by atoms with Gasteiger partial charge in [-0.05, 0) is 104 Å². The first-order valence-corrected chi connectivity index (χ1v) is 18.3. The smallest absolute Gasteiger partial charge is 0.0462 e. The normalized spacial score (nSPS) is 13.7. The van der Waals surface area contributed by atoms with Crippen LogP contribution in [0.25, 0.3) is 50.1 Å². The van der Waals surface area contributed by atoms with Crippen molar-refractivity contribution in [2.75, 3.05) is 10.7 Å². The second-order valence-corrected chi connectivity index (χ2v) is 13.7. The lowest BCUT2D eigenvalue weighted by Gasteiger charge is -2.26. The Labute approximate surface area is 305 Å². The van der Waals surface area contributed by atoms with Crippen molar-refractivity contribution in [3.05, 3.63) is 212 Å². The van der Waals surface area contributed by atoms with Gasteiger partial charge in [0.2, 0.25) is 0 Å². The van der Waals surface area contributed by atoms with Crippen LogP contribution in [0.2, 0.25) is 0 Å². The number of allylic oxidation sites excluding steroid dienone is 4. The van der Waals surface area contributed by atoms with Gasteiger partial charge >= 0.3 is 0 Å². The molecule has 0 saturated heterocycles. The van der Waals surface area contributed by atoms with Crippen LogP contribution in [-0.4, -0.2) is 5.75 Å². The van der Waals surface area contributed by atoms with Gasteiger partial charge in [0.1, 0.15) is 0 Å². The van der Waals surface area contributed by atoms with Crippen molar-refractivity contribution < 1.29 is 0 Å². The Morgan fingerprint density at radius 3 is 1.35 bits per heavy atom. The number of rotatable bonds is 7. The second-order valence-electron chi connectivity index (χ2n) is 12.6. The van der Waals surface area contributed by atoms with Gasteiger partial charge in [-0.3, -0.25) is 0 Å². The van der Waals surface area contributed by atoms with E-state index in [9.17, 15) is 0 Å². The van der Waals surface area contributed by atoms with Crippen LogP contribution in [0.3, 0.4) is 0 Å². The summed E-state index contributed by atoms with van der Waals surface area (Å²) in [6.45, 7) is 4.34. The highest BCUT2D eigenvalue weighted by atomic mass is 32.2. The van der Waals surface area contributed by atoms with Gasteiger partial charge in [0, 0.05) is 27.7 Å². The van der Waals surface area contributed by atoms with Crippen LogP contribution in [0.4, 0.5) is 17.1 Å². The average molecular weight is 672 g/mol. The fourth-order valence-electron chi connectivity index (χ4n) is 6.59. The zero-order valence-electron chi connectivity index (χ0n) is 28.3. The summed E-state index contributed by atoms with van der Waals surface area (Å²) in [5.41, 5.74) is 15.2. The minimum absolute atomic E-state index is 0.956.